The Balaban J connectivity index is 2.64. The number of aliphatic hydroxyl groups is 1. The maximum atomic E-state index is 9.39. The van der Waals surface area contributed by atoms with Crippen molar-refractivity contribution >= 4 is 17.6 Å². The minimum absolute atomic E-state index is 0.161. The Bertz CT molecular complexity index is 304. The highest BCUT2D eigenvalue weighted by Gasteiger charge is 2.11. The van der Waals surface area contributed by atoms with Crippen LogP contribution >= 0.6 is 11.8 Å². The molecule has 0 aliphatic rings. The highest BCUT2D eigenvalue weighted by molar-refractivity contribution is 7.99. The zero-order chi connectivity index (χ0) is 11.3. The summed E-state index contributed by atoms with van der Waals surface area (Å²) < 4.78 is 0. The second kappa shape index (κ2) is 5.98. The second-order valence-corrected chi connectivity index (χ2v) is 4.85. The molecule has 15 heavy (non-hydrogen) atoms. The van der Waals surface area contributed by atoms with Gasteiger partial charge in [0.05, 0.1) is 11.1 Å². The number of nitrogens with zero attached hydrogens (tertiary/aromatic N) is 1. The van der Waals surface area contributed by atoms with E-state index < -0.39 is 0 Å². The van der Waals surface area contributed by atoms with Crippen molar-refractivity contribution in [3.05, 3.63) is 18.2 Å². The molecule has 0 aromatic carbocycles. The van der Waals surface area contributed by atoms with Crippen LogP contribution in [0.1, 0.15) is 20.8 Å². The van der Waals surface area contributed by atoms with E-state index in [9.17, 15) is 5.11 Å². The Labute approximate surface area is 95.3 Å². The molecule has 1 heterocycles. The van der Waals surface area contributed by atoms with Crippen LogP contribution in [0.25, 0.3) is 0 Å². The quantitative estimate of drug-likeness (QED) is 0.757. The zero-order valence-corrected chi connectivity index (χ0v) is 10.2. The molecule has 0 radical (unpaired) electrons. The molecule has 2 N–H and O–H groups in total. The maximum Gasteiger partial charge on any atom is 0.127 e. The average molecular weight is 226 g/mol. The van der Waals surface area contributed by atoms with Gasteiger partial charge >= 0.3 is 0 Å². The molecule has 1 aromatic heterocycles. The first-order valence-corrected chi connectivity index (χ1v) is 6.07. The Morgan fingerprint density at radius 1 is 1.47 bits per heavy atom. The van der Waals surface area contributed by atoms with Crippen molar-refractivity contribution in [1.29, 1.82) is 0 Å². The van der Waals surface area contributed by atoms with Crippen LogP contribution in [0, 0.1) is 0 Å². The maximum absolute atomic E-state index is 9.39. The van der Waals surface area contributed by atoms with Gasteiger partial charge in [-0.3, -0.25) is 0 Å². The van der Waals surface area contributed by atoms with E-state index in [1.165, 1.54) is 0 Å². The Morgan fingerprint density at radius 3 is 2.80 bits per heavy atom. The third kappa shape index (κ3) is 4.10. The van der Waals surface area contributed by atoms with Crippen LogP contribution in [-0.2, 0) is 0 Å². The molecule has 4 heteroatoms. The predicted molar refractivity (Wildman–Crippen MR) is 65.4 cm³/mol. The lowest BCUT2D eigenvalue weighted by Gasteiger charge is -2.13. The molecule has 84 valence electrons. The molecule has 1 rings (SSSR count). The summed E-state index contributed by atoms with van der Waals surface area (Å²) in [4.78, 5) is 4.43. The van der Waals surface area contributed by atoms with Crippen LogP contribution in [0.4, 0.5) is 5.82 Å². The van der Waals surface area contributed by atoms with Gasteiger partial charge in [0.15, 0.2) is 0 Å². The van der Waals surface area contributed by atoms with E-state index in [0.29, 0.717) is 0 Å². The number of aromatic nitrogens is 1. The molecule has 0 aliphatic heterocycles. The van der Waals surface area contributed by atoms with Crippen LogP contribution in [0.15, 0.2) is 23.2 Å². The molecule has 0 saturated carbocycles. The fraction of sp³-hybridized carbons (Fsp3) is 0.545. The van der Waals surface area contributed by atoms with Crippen LogP contribution in [-0.4, -0.2) is 28.0 Å². The third-order valence-electron chi connectivity index (χ3n) is 2.07. The molecule has 2 unspecified atom stereocenters. The molecule has 0 spiro atoms. The van der Waals surface area contributed by atoms with Gasteiger partial charge in [0.1, 0.15) is 5.82 Å². The second-order valence-electron chi connectivity index (χ2n) is 3.45. The first-order chi connectivity index (χ1) is 7.13. The SMILES string of the molecule is CCNc1cccc(SC(C)C(C)O)n1. The van der Waals surface area contributed by atoms with Gasteiger partial charge in [-0.25, -0.2) is 4.98 Å². The summed E-state index contributed by atoms with van der Waals surface area (Å²) in [6.07, 6.45) is -0.320. The molecule has 2 atom stereocenters. The number of hydrogen-bond acceptors (Lipinski definition) is 4. The predicted octanol–water partition coefficient (Wildman–Crippen LogP) is 2.37. The van der Waals surface area contributed by atoms with E-state index in [1.807, 2.05) is 32.0 Å². The first-order valence-electron chi connectivity index (χ1n) is 5.19. The van der Waals surface area contributed by atoms with Gasteiger partial charge < -0.3 is 10.4 Å². The van der Waals surface area contributed by atoms with E-state index in [2.05, 4.69) is 10.3 Å². The largest absolute Gasteiger partial charge is 0.392 e. The number of thioether (sulfide) groups is 1. The molecule has 0 saturated heterocycles. The van der Waals surface area contributed by atoms with E-state index in [1.54, 1.807) is 18.7 Å². The zero-order valence-electron chi connectivity index (χ0n) is 9.40. The van der Waals surface area contributed by atoms with Gasteiger partial charge in [-0.05, 0) is 26.0 Å². The van der Waals surface area contributed by atoms with Crippen molar-refractivity contribution in [2.75, 3.05) is 11.9 Å². The van der Waals surface area contributed by atoms with Gasteiger partial charge in [0.2, 0.25) is 0 Å². The Morgan fingerprint density at radius 2 is 2.20 bits per heavy atom. The molecule has 3 nitrogen and oxygen atoms in total. The first kappa shape index (κ1) is 12.3. The normalized spacial score (nSPS) is 14.7. The van der Waals surface area contributed by atoms with Crippen molar-refractivity contribution in [2.45, 2.75) is 37.2 Å². The number of pyridine rings is 1. The van der Waals surface area contributed by atoms with Crippen LogP contribution in [0.3, 0.4) is 0 Å². The summed E-state index contributed by atoms with van der Waals surface area (Å²) in [5.41, 5.74) is 0. The van der Waals surface area contributed by atoms with Crippen molar-refractivity contribution in [2.24, 2.45) is 0 Å². The summed E-state index contributed by atoms with van der Waals surface area (Å²) in [6, 6.07) is 5.88. The van der Waals surface area contributed by atoms with E-state index >= 15 is 0 Å². The van der Waals surface area contributed by atoms with Gasteiger partial charge in [0.25, 0.3) is 0 Å². The van der Waals surface area contributed by atoms with Gasteiger partial charge in [-0.2, -0.15) is 0 Å². The number of anilines is 1. The lowest BCUT2D eigenvalue weighted by Crippen LogP contribution is -2.15. The highest BCUT2D eigenvalue weighted by atomic mass is 32.2. The summed E-state index contributed by atoms with van der Waals surface area (Å²) in [5, 5.41) is 13.7. The van der Waals surface area contributed by atoms with E-state index in [0.717, 1.165) is 17.4 Å². The van der Waals surface area contributed by atoms with E-state index in [-0.39, 0.29) is 11.4 Å². The number of rotatable bonds is 5. The number of hydrogen-bond donors (Lipinski definition) is 2. The molecule has 0 amide bonds. The number of aliphatic hydroxyl groups excluding tert-OH is 1. The minimum Gasteiger partial charge on any atom is -0.392 e. The van der Waals surface area contributed by atoms with Gasteiger partial charge in [0, 0.05) is 11.8 Å². The van der Waals surface area contributed by atoms with Crippen molar-refractivity contribution in [3.63, 3.8) is 0 Å². The third-order valence-corrected chi connectivity index (χ3v) is 3.30. The van der Waals surface area contributed by atoms with Crippen LogP contribution in [0.5, 0.6) is 0 Å². The van der Waals surface area contributed by atoms with E-state index in [4.69, 9.17) is 0 Å². The summed E-state index contributed by atoms with van der Waals surface area (Å²) in [6.45, 7) is 6.70. The lowest BCUT2D eigenvalue weighted by atomic mass is 10.3. The molecule has 0 bridgehead atoms. The molecular weight excluding hydrogens is 208 g/mol. The molecular formula is C11H18N2OS. The molecule has 0 aliphatic carbocycles. The van der Waals surface area contributed by atoms with Crippen LogP contribution < -0.4 is 5.32 Å². The molecule has 1 aromatic rings. The number of nitrogens with one attached hydrogen (secondary N) is 1. The van der Waals surface area contributed by atoms with Gasteiger partial charge in [-0.1, -0.05) is 13.0 Å². The minimum atomic E-state index is -0.320. The summed E-state index contributed by atoms with van der Waals surface area (Å²) in [5.74, 6) is 0.889. The van der Waals surface area contributed by atoms with Crippen LogP contribution in [0.2, 0.25) is 0 Å². The summed E-state index contributed by atoms with van der Waals surface area (Å²) >= 11 is 1.59. The monoisotopic (exact) mass is 226 g/mol. The topological polar surface area (TPSA) is 45.1 Å². The smallest absolute Gasteiger partial charge is 0.127 e. The fourth-order valence-electron chi connectivity index (χ4n) is 1.05. The standard InChI is InChI=1S/C11H18N2OS/c1-4-12-10-6-5-7-11(13-10)15-9(3)8(2)14/h5-9,14H,4H2,1-3H3,(H,12,13). The Kier molecular flexibility index (Phi) is 4.91. The fourth-order valence-corrected chi connectivity index (χ4v) is 1.94. The van der Waals surface area contributed by atoms with Crippen molar-refractivity contribution in [3.8, 4) is 0 Å². The van der Waals surface area contributed by atoms with Crippen molar-refractivity contribution in [1.82, 2.24) is 4.98 Å². The lowest BCUT2D eigenvalue weighted by molar-refractivity contribution is 0.196. The van der Waals surface area contributed by atoms with Gasteiger partial charge in [-0.15, -0.1) is 11.8 Å². The average Bonchev–Trinajstić information content (AvgIpc) is 2.18. The van der Waals surface area contributed by atoms with Crippen molar-refractivity contribution < 1.29 is 5.11 Å². The highest BCUT2D eigenvalue weighted by Crippen LogP contribution is 2.24. The summed E-state index contributed by atoms with van der Waals surface area (Å²) in [7, 11) is 0. The molecule has 0 fully saturated rings. The Hall–Kier alpha value is -0.740.